The normalized spacial score (nSPS) is 14.3. The zero-order valence-corrected chi connectivity index (χ0v) is 35.7. The van der Waals surface area contributed by atoms with E-state index in [1.165, 1.54) is 98.6 Å². The van der Waals surface area contributed by atoms with Crippen molar-refractivity contribution in [3.05, 3.63) is 184 Å². The van der Waals surface area contributed by atoms with Gasteiger partial charge in [0.15, 0.2) is 0 Å². The number of fused-ring (bicyclic) bond motifs is 3. The van der Waals surface area contributed by atoms with Gasteiger partial charge in [0.1, 0.15) is 0 Å². The van der Waals surface area contributed by atoms with E-state index in [9.17, 15) is 26.3 Å². The Labute approximate surface area is 344 Å². The first-order valence-corrected chi connectivity index (χ1v) is 19.9. The molecule has 0 bridgehead atoms. The van der Waals surface area contributed by atoms with Crippen molar-refractivity contribution in [3.63, 3.8) is 0 Å². The molecule has 0 saturated carbocycles. The maximum atomic E-state index is 11.8. The van der Waals surface area contributed by atoms with Crippen LogP contribution in [0.15, 0.2) is 121 Å². The molecule has 0 saturated heterocycles. The van der Waals surface area contributed by atoms with Crippen molar-refractivity contribution in [1.82, 2.24) is 0 Å². The molecule has 0 aromatic heterocycles. The van der Waals surface area contributed by atoms with Gasteiger partial charge in [0.05, 0.1) is 0 Å². The van der Waals surface area contributed by atoms with Crippen molar-refractivity contribution >= 4 is 9.78 Å². The van der Waals surface area contributed by atoms with Crippen molar-refractivity contribution in [3.8, 4) is 11.1 Å². The molecule has 0 fully saturated rings. The van der Waals surface area contributed by atoms with Gasteiger partial charge in [0.25, 0.3) is 0 Å². The van der Waals surface area contributed by atoms with E-state index in [2.05, 4.69) is 145 Å². The molecule has 56 heavy (non-hydrogen) atoms. The van der Waals surface area contributed by atoms with E-state index in [4.69, 9.17) is 0 Å². The molecule has 0 heterocycles. The van der Waals surface area contributed by atoms with Crippen LogP contribution in [0.1, 0.15) is 94.3 Å². The van der Waals surface area contributed by atoms with Crippen LogP contribution >= 0.6 is 0 Å². The molecule has 7 heteroatoms. The molecule has 0 nitrogen and oxygen atoms in total. The predicted molar refractivity (Wildman–Crippen MR) is 215 cm³/mol. The molecular weight excluding hydrogens is 794 g/mol. The molecular formula is C49H48F6Zr-4. The summed E-state index contributed by atoms with van der Waals surface area (Å²) in [6, 6.07) is 39.7. The number of rotatable bonds is 1. The summed E-state index contributed by atoms with van der Waals surface area (Å²) in [6.07, 6.45) is -1.79. The quantitative estimate of drug-likeness (QED) is 0.114. The molecule has 0 aliphatic heterocycles. The topological polar surface area (TPSA) is 0 Å². The van der Waals surface area contributed by atoms with E-state index in [0.717, 1.165) is 30.7 Å². The van der Waals surface area contributed by atoms with Crippen LogP contribution in [0, 0.1) is 30.2 Å². The van der Waals surface area contributed by atoms with Crippen LogP contribution in [-0.2, 0) is 53.8 Å². The Balaban J connectivity index is 0.000000208. The van der Waals surface area contributed by atoms with E-state index >= 15 is 0 Å². The first-order chi connectivity index (χ1) is 26.1. The van der Waals surface area contributed by atoms with Crippen molar-refractivity contribution < 1.29 is 50.6 Å². The van der Waals surface area contributed by atoms with Gasteiger partial charge in [-0.2, -0.15) is 122 Å². The Morgan fingerprint density at radius 3 is 1.59 bits per heavy atom. The number of allylic oxidation sites excluding steroid dienone is 4. The van der Waals surface area contributed by atoms with Gasteiger partial charge in [-0.3, -0.25) is 6.08 Å². The van der Waals surface area contributed by atoms with E-state index in [1.54, 1.807) is 0 Å². The molecule has 2 aliphatic rings. The molecule has 7 rings (SSSR count). The van der Waals surface area contributed by atoms with Crippen molar-refractivity contribution in [1.29, 1.82) is 0 Å². The van der Waals surface area contributed by atoms with Gasteiger partial charge < -0.3 is 0 Å². The van der Waals surface area contributed by atoms with Gasteiger partial charge in [-0.1, -0.05) is 127 Å². The van der Waals surface area contributed by atoms with Crippen molar-refractivity contribution in [2.24, 2.45) is 5.92 Å². The summed E-state index contributed by atoms with van der Waals surface area (Å²) >= 11 is 1.30. The van der Waals surface area contributed by atoms with Crippen molar-refractivity contribution in [2.45, 2.75) is 85.0 Å². The van der Waals surface area contributed by atoms with Crippen molar-refractivity contribution in [2.75, 3.05) is 0 Å². The summed E-state index contributed by atoms with van der Waals surface area (Å²) in [4.78, 5) is 0. The second kappa shape index (κ2) is 19.9. The summed E-state index contributed by atoms with van der Waals surface area (Å²) in [5.74, 6) is 0.468. The standard InChI is InChI=1S/C21H25.C13H13.2C7H4F3.CH2.Zr/c1-20(2,3)16-7-9-18-14(12-16)11-15-13-17(21(4,5)6)8-10-19(15)18;1-10-8-11(2)13(9-10)12-6-4-3-5-7-12;2*8-7(9,10)6-4-2-1-3-5-6;;/h7-10,12H,11H2,1-6H3;3-7,9-10H,1-2H3;2*1-2,4-5H;1H2;/q4*-1;;. The van der Waals surface area contributed by atoms with E-state index in [0.29, 0.717) is 5.92 Å². The van der Waals surface area contributed by atoms with Crippen LogP contribution in [0.3, 0.4) is 0 Å². The molecule has 0 amide bonds. The van der Waals surface area contributed by atoms with Crippen LogP contribution in [0.4, 0.5) is 26.3 Å². The second-order valence-electron chi connectivity index (χ2n) is 15.4. The van der Waals surface area contributed by atoms with Gasteiger partial charge in [-0.05, 0) is 28.4 Å². The van der Waals surface area contributed by atoms with Gasteiger partial charge in [-0.15, -0.1) is 16.7 Å². The Kier molecular flexibility index (Phi) is 16.4. The predicted octanol–water partition coefficient (Wildman–Crippen LogP) is 14.1. The summed E-state index contributed by atoms with van der Waals surface area (Å²) in [5.41, 5.74) is 11.3. The zero-order valence-electron chi connectivity index (χ0n) is 33.2. The number of benzene rings is 5. The van der Waals surface area contributed by atoms with E-state index in [1.807, 2.05) is 6.07 Å². The summed E-state index contributed by atoms with van der Waals surface area (Å²) in [6.45, 7) is 17.9. The Hall–Kier alpha value is -4.09. The van der Waals surface area contributed by atoms with Gasteiger partial charge in [0.2, 0.25) is 0 Å². The van der Waals surface area contributed by atoms with Gasteiger partial charge >= 0.3 is 40.8 Å². The van der Waals surface area contributed by atoms with E-state index < -0.39 is 23.5 Å². The molecule has 294 valence electrons. The first-order valence-electron chi connectivity index (χ1n) is 18.1. The van der Waals surface area contributed by atoms with Crippen LogP contribution < -0.4 is 0 Å². The Morgan fingerprint density at radius 2 is 1.18 bits per heavy atom. The van der Waals surface area contributed by atoms with E-state index in [-0.39, 0.29) is 10.8 Å². The van der Waals surface area contributed by atoms with Gasteiger partial charge in [-0.25, -0.2) is 5.57 Å². The summed E-state index contributed by atoms with van der Waals surface area (Å²) < 4.78 is 73.9. The summed E-state index contributed by atoms with van der Waals surface area (Å²) in [5, 5.41) is 0. The fraction of sp³-hybridized carbons (Fsp3) is 0.286. The number of alkyl halides is 6. The SMILES string of the molecule is CC(C)(C)c1[c-]c2c(cc1)-c1ccc(C(C)(C)C)cc1C2.CC1=[C-]C(C)C=C1c1ccccc1.FC(F)(F)c1c[c-]ccc1.FC(F)(F)c1c[c-]ccc1.[CH2]=[Zr]. The fourth-order valence-corrected chi connectivity index (χ4v) is 5.93. The average molecular weight is 842 g/mol. The van der Waals surface area contributed by atoms with Crippen LogP contribution in [0.2, 0.25) is 0 Å². The Morgan fingerprint density at radius 1 is 0.643 bits per heavy atom. The average Bonchev–Trinajstić information content (AvgIpc) is 3.70. The molecule has 2 aliphatic carbocycles. The minimum absolute atomic E-state index is 0.167. The van der Waals surface area contributed by atoms with Crippen LogP contribution in [-0.4, -0.2) is 4.21 Å². The molecule has 5 aromatic rings. The molecule has 5 aromatic carbocycles. The number of hydrogen-bond acceptors (Lipinski definition) is 0. The first kappa shape index (κ1) is 46.3. The molecule has 1 unspecified atom stereocenters. The molecule has 0 radical (unpaired) electrons. The zero-order chi connectivity index (χ0) is 41.9. The number of hydrogen-bond donors (Lipinski definition) is 0. The fourth-order valence-electron chi connectivity index (χ4n) is 5.93. The maximum absolute atomic E-state index is 11.8. The Bertz CT molecular complexity index is 1930. The van der Waals surface area contributed by atoms with Crippen LogP contribution in [0.5, 0.6) is 0 Å². The minimum atomic E-state index is -4.24. The number of halogens is 6. The third-order valence-corrected chi connectivity index (χ3v) is 8.88. The third-order valence-electron chi connectivity index (χ3n) is 8.88. The third kappa shape index (κ3) is 13.5. The summed E-state index contributed by atoms with van der Waals surface area (Å²) in [7, 11) is 0. The molecule has 1 atom stereocenters. The monoisotopic (exact) mass is 840 g/mol. The second-order valence-corrected chi connectivity index (χ2v) is 15.4. The molecule has 0 spiro atoms. The molecule has 0 N–H and O–H groups in total. The van der Waals surface area contributed by atoms with Crippen LogP contribution in [0.25, 0.3) is 16.7 Å². The van der Waals surface area contributed by atoms with Gasteiger partial charge in [0, 0.05) is 0 Å².